The van der Waals surface area contributed by atoms with Crippen molar-refractivity contribution in [2.75, 3.05) is 18.0 Å². The minimum atomic E-state index is -1.05. The summed E-state index contributed by atoms with van der Waals surface area (Å²) < 4.78 is 0. The van der Waals surface area contributed by atoms with Crippen molar-refractivity contribution in [3.05, 3.63) is 54.2 Å². The van der Waals surface area contributed by atoms with E-state index in [0.29, 0.717) is 11.7 Å². The fraction of sp³-hybridized carbons (Fsp3) is 0.278. The first kappa shape index (κ1) is 15.4. The van der Waals surface area contributed by atoms with Crippen LogP contribution in [0.4, 0.5) is 5.82 Å². The molecule has 3 aromatic heterocycles. The third-order valence-electron chi connectivity index (χ3n) is 4.58. The predicted molar refractivity (Wildman–Crippen MR) is 92.7 cm³/mol. The molecule has 0 amide bonds. The van der Waals surface area contributed by atoms with E-state index in [-0.39, 0.29) is 5.69 Å². The Labute approximate surface area is 144 Å². The number of hydrogen-bond donors (Lipinski definition) is 1. The highest BCUT2D eigenvalue weighted by Crippen LogP contribution is 2.30. The van der Waals surface area contributed by atoms with Crippen LogP contribution >= 0.6 is 0 Å². The Morgan fingerprint density at radius 3 is 2.64 bits per heavy atom. The molecule has 1 N–H and O–H groups in total. The van der Waals surface area contributed by atoms with Crippen LogP contribution in [0.15, 0.2) is 42.9 Å². The number of piperidine rings is 1. The smallest absolute Gasteiger partial charge is 0.358 e. The maximum absolute atomic E-state index is 11.3. The number of fused-ring (bicyclic) bond motifs is 1. The van der Waals surface area contributed by atoms with Gasteiger partial charge in [-0.3, -0.25) is 0 Å². The zero-order valence-electron chi connectivity index (χ0n) is 13.5. The number of aromatic nitrogens is 4. The van der Waals surface area contributed by atoms with Gasteiger partial charge in [0, 0.05) is 48.7 Å². The number of carbonyl (C=O) groups is 1. The first-order valence-corrected chi connectivity index (χ1v) is 8.23. The molecule has 1 aliphatic heterocycles. The lowest BCUT2D eigenvalue weighted by Crippen LogP contribution is -2.35. The van der Waals surface area contributed by atoms with E-state index in [1.165, 1.54) is 12.4 Å². The van der Waals surface area contributed by atoms with E-state index in [4.69, 9.17) is 4.98 Å². The van der Waals surface area contributed by atoms with Gasteiger partial charge >= 0.3 is 5.97 Å². The van der Waals surface area contributed by atoms with Gasteiger partial charge in [0.2, 0.25) is 0 Å². The Hall–Kier alpha value is -3.09. The maximum Gasteiger partial charge on any atom is 0.358 e. The molecule has 1 aliphatic rings. The van der Waals surface area contributed by atoms with Gasteiger partial charge in [0.15, 0.2) is 17.2 Å². The molecule has 25 heavy (non-hydrogen) atoms. The van der Waals surface area contributed by atoms with Crippen molar-refractivity contribution >= 4 is 22.8 Å². The molecule has 0 aliphatic carbocycles. The van der Waals surface area contributed by atoms with E-state index in [1.807, 2.05) is 17.0 Å². The molecule has 0 radical (unpaired) electrons. The Kier molecular flexibility index (Phi) is 3.97. The number of carboxylic acids is 1. The summed E-state index contributed by atoms with van der Waals surface area (Å²) in [7, 11) is 0. The number of anilines is 1. The van der Waals surface area contributed by atoms with Gasteiger partial charge in [0.1, 0.15) is 0 Å². The number of carboxylic acid groups (broad SMARTS) is 1. The van der Waals surface area contributed by atoms with Crippen molar-refractivity contribution in [2.45, 2.75) is 18.8 Å². The molecule has 0 bridgehead atoms. The number of aromatic carboxylic acids is 1. The fourth-order valence-electron chi connectivity index (χ4n) is 3.30. The number of rotatable bonds is 3. The lowest BCUT2D eigenvalue weighted by atomic mass is 9.92. The van der Waals surface area contributed by atoms with Crippen LogP contribution in [0, 0.1) is 0 Å². The van der Waals surface area contributed by atoms with Crippen molar-refractivity contribution in [2.24, 2.45) is 0 Å². The summed E-state index contributed by atoms with van der Waals surface area (Å²) in [5.41, 5.74) is 1.82. The van der Waals surface area contributed by atoms with Crippen molar-refractivity contribution < 1.29 is 9.90 Å². The monoisotopic (exact) mass is 335 g/mol. The lowest BCUT2D eigenvalue weighted by molar-refractivity contribution is 0.0690. The SMILES string of the molecule is O=C(O)c1nccnc1N1CCC(c2ccc3cccnc3n2)CC1. The van der Waals surface area contributed by atoms with Crippen LogP contribution in [0.2, 0.25) is 0 Å². The van der Waals surface area contributed by atoms with Crippen molar-refractivity contribution in [3.8, 4) is 0 Å². The summed E-state index contributed by atoms with van der Waals surface area (Å²) in [5, 5.41) is 10.3. The minimum Gasteiger partial charge on any atom is -0.476 e. The first-order chi connectivity index (χ1) is 12.2. The van der Waals surface area contributed by atoms with Gasteiger partial charge in [-0.25, -0.2) is 24.7 Å². The maximum atomic E-state index is 11.3. The van der Waals surface area contributed by atoms with Crippen LogP contribution in [-0.4, -0.2) is 44.1 Å². The van der Waals surface area contributed by atoms with E-state index in [1.54, 1.807) is 6.20 Å². The van der Waals surface area contributed by atoms with E-state index in [0.717, 1.165) is 42.7 Å². The Morgan fingerprint density at radius 1 is 1.04 bits per heavy atom. The standard InChI is InChI=1S/C18H17N5O2/c24-18(25)15-17(21-9-8-19-15)23-10-5-12(6-11-23)14-4-3-13-2-1-7-20-16(13)22-14/h1-4,7-9,12H,5-6,10-11H2,(H,24,25). The normalized spacial score (nSPS) is 15.4. The van der Waals surface area contributed by atoms with E-state index < -0.39 is 5.97 Å². The third kappa shape index (κ3) is 3.00. The molecule has 1 saturated heterocycles. The minimum absolute atomic E-state index is 0.00831. The molecule has 0 atom stereocenters. The summed E-state index contributed by atoms with van der Waals surface area (Å²) in [6.07, 6.45) is 6.47. The quantitative estimate of drug-likeness (QED) is 0.786. The van der Waals surface area contributed by atoms with Gasteiger partial charge in [0.05, 0.1) is 0 Å². The van der Waals surface area contributed by atoms with Crippen LogP contribution in [0.5, 0.6) is 0 Å². The van der Waals surface area contributed by atoms with E-state index in [2.05, 4.69) is 27.1 Å². The second-order valence-electron chi connectivity index (χ2n) is 6.08. The Bertz CT molecular complexity index is 922. The van der Waals surface area contributed by atoms with Gasteiger partial charge in [-0.05, 0) is 37.1 Å². The summed E-state index contributed by atoms with van der Waals surface area (Å²) in [5.74, 6) is -0.262. The number of pyridine rings is 2. The van der Waals surface area contributed by atoms with Crippen LogP contribution in [0.25, 0.3) is 11.0 Å². The summed E-state index contributed by atoms with van der Waals surface area (Å²) in [4.78, 5) is 30.5. The number of nitrogens with zero attached hydrogens (tertiary/aromatic N) is 5. The molecule has 4 rings (SSSR count). The number of hydrogen-bond acceptors (Lipinski definition) is 6. The molecule has 1 fully saturated rings. The van der Waals surface area contributed by atoms with Crippen LogP contribution in [0.3, 0.4) is 0 Å². The molecule has 0 aromatic carbocycles. The average Bonchev–Trinajstić information content (AvgIpc) is 2.68. The Balaban J connectivity index is 1.52. The summed E-state index contributed by atoms with van der Waals surface area (Å²) in [6, 6.07) is 8.03. The van der Waals surface area contributed by atoms with Crippen molar-refractivity contribution in [1.29, 1.82) is 0 Å². The average molecular weight is 335 g/mol. The second-order valence-corrected chi connectivity index (χ2v) is 6.08. The molecule has 0 unspecified atom stereocenters. The van der Waals surface area contributed by atoms with Gasteiger partial charge in [-0.2, -0.15) is 0 Å². The Morgan fingerprint density at radius 2 is 1.84 bits per heavy atom. The fourth-order valence-corrected chi connectivity index (χ4v) is 3.30. The highest BCUT2D eigenvalue weighted by Gasteiger charge is 2.26. The summed E-state index contributed by atoms with van der Waals surface area (Å²) in [6.45, 7) is 1.46. The van der Waals surface area contributed by atoms with Crippen LogP contribution in [-0.2, 0) is 0 Å². The summed E-state index contributed by atoms with van der Waals surface area (Å²) >= 11 is 0. The molecular formula is C18H17N5O2. The van der Waals surface area contributed by atoms with Gasteiger partial charge in [-0.1, -0.05) is 0 Å². The molecule has 7 heteroatoms. The molecule has 126 valence electrons. The van der Waals surface area contributed by atoms with Crippen LogP contribution in [0.1, 0.15) is 34.9 Å². The highest BCUT2D eigenvalue weighted by molar-refractivity contribution is 5.90. The highest BCUT2D eigenvalue weighted by atomic mass is 16.4. The van der Waals surface area contributed by atoms with Crippen LogP contribution < -0.4 is 4.90 Å². The molecule has 0 saturated carbocycles. The van der Waals surface area contributed by atoms with Gasteiger partial charge in [0.25, 0.3) is 0 Å². The van der Waals surface area contributed by atoms with Crippen molar-refractivity contribution in [3.63, 3.8) is 0 Å². The largest absolute Gasteiger partial charge is 0.476 e. The first-order valence-electron chi connectivity index (χ1n) is 8.23. The lowest BCUT2D eigenvalue weighted by Gasteiger charge is -2.32. The van der Waals surface area contributed by atoms with E-state index in [9.17, 15) is 9.90 Å². The molecule has 3 aromatic rings. The zero-order valence-corrected chi connectivity index (χ0v) is 13.5. The van der Waals surface area contributed by atoms with Gasteiger partial charge in [-0.15, -0.1) is 0 Å². The molecular weight excluding hydrogens is 318 g/mol. The second kappa shape index (κ2) is 6.43. The molecule has 7 nitrogen and oxygen atoms in total. The zero-order chi connectivity index (χ0) is 17.2. The van der Waals surface area contributed by atoms with Gasteiger partial charge < -0.3 is 10.0 Å². The molecule has 4 heterocycles. The van der Waals surface area contributed by atoms with Crippen molar-refractivity contribution in [1.82, 2.24) is 19.9 Å². The topological polar surface area (TPSA) is 92.1 Å². The third-order valence-corrected chi connectivity index (χ3v) is 4.58. The van der Waals surface area contributed by atoms with E-state index >= 15 is 0 Å². The molecule has 0 spiro atoms. The predicted octanol–water partition coefficient (Wildman–Crippen LogP) is 2.50.